The van der Waals surface area contributed by atoms with Gasteiger partial charge in [-0.3, -0.25) is 0 Å². The third-order valence-corrected chi connectivity index (χ3v) is 5.15. The van der Waals surface area contributed by atoms with Crippen LogP contribution in [-0.2, 0) is 5.75 Å². The van der Waals surface area contributed by atoms with E-state index in [0.29, 0.717) is 28.6 Å². The van der Waals surface area contributed by atoms with Crippen LogP contribution in [0.15, 0.2) is 38.3 Å². The Bertz CT molecular complexity index is 843. The number of rotatable bonds is 5. The Kier molecular flexibility index (Phi) is 3.82. The highest BCUT2D eigenvalue weighted by Gasteiger charge is 2.30. The molecule has 4 rings (SSSR count). The first-order valence-corrected chi connectivity index (χ1v) is 8.90. The fourth-order valence-electron chi connectivity index (χ4n) is 2.19. The van der Waals surface area contributed by atoms with Crippen LogP contribution >= 0.6 is 27.7 Å². The zero-order valence-electron chi connectivity index (χ0n) is 12.0. The zero-order valence-corrected chi connectivity index (χ0v) is 14.4. The summed E-state index contributed by atoms with van der Waals surface area (Å²) in [6.07, 6.45) is 2.28. The summed E-state index contributed by atoms with van der Waals surface area (Å²) in [5, 5.41) is 17.1. The van der Waals surface area contributed by atoms with Gasteiger partial charge in [-0.05, 0) is 40.9 Å². The number of aromatic nitrogens is 5. The van der Waals surface area contributed by atoms with Gasteiger partial charge < -0.3 is 10.3 Å². The Labute approximate surface area is 144 Å². The number of hydrogen-bond acceptors (Lipinski definition) is 7. The molecule has 0 amide bonds. The molecule has 9 heteroatoms. The van der Waals surface area contributed by atoms with E-state index in [9.17, 15) is 0 Å². The van der Waals surface area contributed by atoms with Gasteiger partial charge in [0.2, 0.25) is 16.9 Å². The number of nitrogens with zero attached hydrogens (tertiary/aromatic N) is 5. The largest absolute Gasteiger partial charge is 0.420 e. The quantitative estimate of drug-likeness (QED) is 0.526. The Morgan fingerprint density at radius 3 is 2.83 bits per heavy atom. The second-order valence-electron chi connectivity index (χ2n) is 5.25. The molecule has 2 N–H and O–H groups in total. The van der Waals surface area contributed by atoms with Crippen molar-refractivity contribution in [2.24, 2.45) is 0 Å². The average Bonchev–Trinajstić information content (AvgIpc) is 3.17. The van der Waals surface area contributed by atoms with E-state index in [2.05, 4.69) is 36.3 Å². The molecule has 7 nitrogen and oxygen atoms in total. The second kappa shape index (κ2) is 5.97. The topological polar surface area (TPSA) is 95.7 Å². The Hall–Kier alpha value is -1.87. The van der Waals surface area contributed by atoms with E-state index in [1.54, 1.807) is 4.68 Å². The molecule has 2 aromatic heterocycles. The van der Waals surface area contributed by atoms with Gasteiger partial charge in [0, 0.05) is 10.4 Å². The summed E-state index contributed by atoms with van der Waals surface area (Å²) in [6, 6.07) is 7.72. The Balaban J connectivity index is 1.47. The highest BCUT2D eigenvalue weighted by atomic mass is 79.9. The van der Waals surface area contributed by atoms with Gasteiger partial charge in [-0.1, -0.05) is 23.9 Å². The Morgan fingerprint density at radius 1 is 1.22 bits per heavy atom. The molecule has 0 aliphatic heterocycles. The van der Waals surface area contributed by atoms with E-state index in [4.69, 9.17) is 10.3 Å². The van der Waals surface area contributed by atoms with E-state index in [-0.39, 0.29) is 0 Å². The standard InChI is InChI=1S/C14H13BrN6OS/c15-10-4-2-1-3-9(10)13-19-17-11(22-13)7-23-14-20-18-12(21(14)16)8-5-6-8/h1-4,8H,5-7,16H2. The molecule has 1 fully saturated rings. The molecule has 3 aromatic rings. The summed E-state index contributed by atoms with van der Waals surface area (Å²) < 4.78 is 8.19. The molecule has 23 heavy (non-hydrogen) atoms. The van der Waals surface area contributed by atoms with E-state index < -0.39 is 0 Å². The lowest BCUT2D eigenvalue weighted by Gasteiger charge is -2.00. The number of halogens is 1. The first kappa shape index (κ1) is 14.7. The van der Waals surface area contributed by atoms with Crippen molar-refractivity contribution in [3.05, 3.63) is 40.5 Å². The van der Waals surface area contributed by atoms with Gasteiger partial charge in [0.25, 0.3) is 0 Å². The van der Waals surface area contributed by atoms with Gasteiger partial charge in [0.1, 0.15) is 0 Å². The lowest BCUT2D eigenvalue weighted by atomic mass is 10.2. The summed E-state index contributed by atoms with van der Waals surface area (Å²) in [4.78, 5) is 0. The monoisotopic (exact) mass is 392 g/mol. The third-order valence-electron chi connectivity index (χ3n) is 3.53. The second-order valence-corrected chi connectivity index (χ2v) is 7.05. The fourth-order valence-corrected chi connectivity index (χ4v) is 3.34. The van der Waals surface area contributed by atoms with Crippen molar-refractivity contribution in [1.29, 1.82) is 0 Å². The van der Waals surface area contributed by atoms with Crippen LogP contribution in [0.4, 0.5) is 0 Å². The molecule has 118 valence electrons. The molecule has 0 radical (unpaired) electrons. The maximum Gasteiger partial charge on any atom is 0.248 e. The Morgan fingerprint density at radius 2 is 2.04 bits per heavy atom. The van der Waals surface area contributed by atoms with Crippen LogP contribution in [0.2, 0.25) is 0 Å². The normalized spacial score (nSPS) is 14.3. The van der Waals surface area contributed by atoms with Crippen molar-refractivity contribution >= 4 is 27.7 Å². The molecule has 1 aromatic carbocycles. The summed E-state index contributed by atoms with van der Waals surface area (Å²) in [5.41, 5.74) is 0.870. The summed E-state index contributed by atoms with van der Waals surface area (Å²) >= 11 is 4.91. The van der Waals surface area contributed by atoms with E-state index in [0.717, 1.165) is 28.7 Å². The van der Waals surface area contributed by atoms with Crippen molar-refractivity contribution in [3.8, 4) is 11.5 Å². The van der Waals surface area contributed by atoms with Crippen LogP contribution in [0.5, 0.6) is 0 Å². The van der Waals surface area contributed by atoms with Gasteiger partial charge in [-0.2, -0.15) is 0 Å². The molecule has 0 atom stereocenters. The molecule has 0 bridgehead atoms. The van der Waals surface area contributed by atoms with Crippen molar-refractivity contribution in [2.75, 3.05) is 5.84 Å². The van der Waals surface area contributed by atoms with E-state index >= 15 is 0 Å². The predicted molar refractivity (Wildman–Crippen MR) is 89.1 cm³/mol. The van der Waals surface area contributed by atoms with Crippen LogP contribution in [0.3, 0.4) is 0 Å². The van der Waals surface area contributed by atoms with Crippen LogP contribution in [0.1, 0.15) is 30.5 Å². The summed E-state index contributed by atoms with van der Waals surface area (Å²) in [6.45, 7) is 0. The molecule has 1 aliphatic rings. The first-order chi connectivity index (χ1) is 11.2. The third kappa shape index (κ3) is 2.98. The predicted octanol–water partition coefficient (Wildman–Crippen LogP) is 2.97. The zero-order chi connectivity index (χ0) is 15.8. The highest BCUT2D eigenvalue weighted by molar-refractivity contribution is 9.10. The molecule has 0 spiro atoms. The van der Waals surface area contributed by atoms with E-state index in [1.165, 1.54) is 11.8 Å². The van der Waals surface area contributed by atoms with Crippen molar-refractivity contribution in [3.63, 3.8) is 0 Å². The van der Waals surface area contributed by atoms with Gasteiger partial charge in [0.05, 0.1) is 11.3 Å². The minimum absolute atomic E-state index is 0.465. The van der Waals surface area contributed by atoms with Crippen molar-refractivity contribution in [1.82, 2.24) is 25.1 Å². The molecule has 0 saturated heterocycles. The maximum absolute atomic E-state index is 6.02. The summed E-state index contributed by atoms with van der Waals surface area (Å²) in [5.74, 6) is 8.85. The lowest BCUT2D eigenvalue weighted by Crippen LogP contribution is -2.13. The van der Waals surface area contributed by atoms with E-state index in [1.807, 2.05) is 24.3 Å². The molecule has 0 unspecified atom stereocenters. The number of hydrogen-bond donors (Lipinski definition) is 1. The van der Waals surface area contributed by atoms with Gasteiger partial charge in [-0.25, -0.2) is 4.68 Å². The van der Waals surface area contributed by atoms with Crippen molar-refractivity contribution in [2.45, 2.75) is 29.7 Å². The molecule has 1 aliphatic carbocycles. The average molecular weight is 393 g/mol. The molecule has 1 saturated carbocycles. The number of benzene rings is 1. The van der Waals surface area contributed by atoms with Crippen molar-refractivity contribution < 1.29 is 4.42 Å². The smallest absolute Gasteiger partial charge is 0.248 e. The molecular formula is C14H13BrN6OS. The maximum atomic E-state index is 6.02. The minimum atomic E-state index is 0.465. The van der Waals surface area contributed by atoms with Crippen LogP contribution in [0.25, 0.3) is 11.5 Å². The number of nitrogen functional groups attached to an aromatic ring is 1. The first-order valence-electron chi connectivity index (χ1n) is 7.13. The summed E-state index contributed by atoms with van der Waals surface area (Å²) in [7, 11) is 0. The highest BCUT2D eigenvalue weighted by Crippen LogP contribution is 2.39. The van der Waals surface area contributed by atoms with Crippen LogP contribution in [0, 0.1) is 0 Å². The molecular weight excluding hydrogens is 380 g/mol. The SMILES string of the molecule is Nn1c(SCc2nnc(-c3ccccc3Br)o2)nnc1C1CC1. The minimum Gasteiger partial charge on any atom is -0.420 e. The van der Waals surface area contributed by atoms with Gasteiger partial charge >= 0.3 is 0 Å². The van der Waals surface area contributed by atoms with Crippen LogP contribution in [-0.4, -0.2) is 25.1 Å². The number of nitrogens with two attached hydrogens (primary N) is 1. The van der Waals surface area contributed by atoms with Crippen LogP contribution < -0.4 is 5.84 Å². The van der Waals surface area contributed by atoms with Gasteiger partial charge in [-0.15, -0.1) is 20.4 Å². The number of thioether (sulfide) groups is 1. The lowest BCUT2D eigenvalue weighted by molar-refractivity contribution is 0.528. The van der Waals surface area contributed by atoms with Gasteiger partial charge in [0.15, 0.2) is 5.82 Å². The fraction of sp³-hybridized carbons (Fsp3) is 0.286. The molecule has 2 heterocycles.